The number of rotatable bonds is 5. The zero-order valence-electron chi connectivity index (χ0n) is 11.5. The fourth-order valence-electron chi connectivity index (χ4n) is 1.68. The van der Waals surface area contributed by atoms with E-state index < -0.39 is 0 Å². The van der Waals surface area contributed by atoms with E-state index in [9.17, 15) is 9.90 Å². The molecule has 3 nitrogen and oxygen atoms in total. The summed E-state index contributed by atoms with van der Waals surface area (Å²) in [5.41, 5.74) is 0.908. The lowest BCUT2D eigenvalue weighted by molar-refractivity contribution is -0.125. The Morgan fingerprint density at radius 3 is 2.58 bits per heavy atom. The first-order chi connectivity index (χ1) is 9.19. The summed E-state index contributed by atoms with van der Waals surface area (Å²) in [5, 5.41) is 12.2. The summed E-state index contributed by atoms with van der Waals surface area (Å²) in [6.45, 7) is 3.72. The monoisotopic (exact) mass is 259 g/mol. The number of amides is 1. The van der Waals surface area contributed by atoms with Gasteiger partial charge in [0, 0.05) is 18.8 Å². The van der Waals surface area contributed by atoms with Crippen LogP contribution < -0.4 is 5.32 Å². The highest BCUT2D eigenvalue weighted by molar-refractivity contribution is 5.79. The minimum absolute atomic E-state index is 0.0756. The molecule has 1 amide bonds. The van der Waals surface area contributed by atoms with Crippen molar-refractivity contribution in [3.8, 4) is 11.8 Å². The van der Waals surface area contributed by atoms with Crippen LogP contribution in [0.15, 0.2) is 30.3 Å². The maximum Gasteiger partial charge on any atom is 0.224 e. The van der Waals surface area contributed by atoms with Gasteiger partial charge in [-0.1, -0.05) is 44.2 Å². The molecule has 3 heteroatoms. The molecular weight excluding hydrogens is 238 g/mol. The molecule has 2 atom stereocenters. The topological polar surface area (TPSA) is 49.3 Å². The first-order valence-electron chi connectivity index (χ1n) is 6.61. The molecule has 0 radical (unpaired) electrons. The van der Waals surface area contributed by atoms with Crippen molar-refractivity contribution in [3.05, 3.63) is 35.9 Å². The average molecular weight is 259 g/mol. The van der Waals surface area contributed by atoms with Crippen LogP contribution in [0, 0.1) is 17.8 Å². The van der Waals surface area contributed by atoms with Gasteiger partial charge >= 0.3 is 0 Å². The van der Waals surface area contributed by atoms with Gasteiger partial charge in [0.05, 0.1) is 12.6 Å². The molecule has 0 unspecified atom stereocenters. The van der Waals surface area contributed by atoms with Crippen LogP contribution in [0.1, 0.15) is 38.3 Å². The van der Waals surface area contributed by atoms with E-state index in [-0.39, 0.29) is 24.5 Å². The number of carbonyl (C=O) groups excluding carboxylic acids is 1. The number of carbonyl (C=O) groups is 1. The van der Waals surface area contributed by atoms with Crippen molar-refractivity contribution in [1.82, 2.24) is 5.32 Å². The molecule has 0 saturated carbocycles. The van der Waals surface area contributed by atoms with Crippen molar-refractivity contribution >= 4 is 5.91 Å². The second kappa shape index (κ2) is 8.34. The van der Waals surface area contributed by atoms with Crippen molar-refractivity contribution in [2.75, 3.05) is 6.61 Å². The molecule has 0 heterocycles. The number of benzene rings is 1. The first kappa shape index (κ1) is 15.3. The maximum absolute atomic E-state index is 12.0. The van der Waals surface area contributed by atoms with Crippen LogP contribution in [0.4, 0.5) is 0 Å². The summed E-state index contributed by atoms with van der Waals surface area (Å²) in [5.74, 6) is 5.68. The number of aliphatic hydroxyl groups excluding tert-OH is 1. The maximum atomic E-state index is 12.0. The molecule has 102 valence electrons. The molecule has 2 N–H and O–H groups in total. The Balaban J connectivity index is 2.58. The summed E-state index contributed by atoms with van der Waals surface area (Å²) < 4.78 is 0. The van der Waals surface area contributed by atoms with Crippen LogP contribution in [0.3, 0.4) is 0 Å². The molecule has 0 fully saturated rings. The van der Waals surface area contributed by atoms with E-state index >= 15 is 0 Å². The fourth-order valence-corrected chi connectivity index (χ4v) is 1.68. The molecule has 0 saturated heterocycles. The summed E-state index contributed by atoms with van der Waals surface area (Å²) in [6.07, 6.45) is 1.35. The van der Waals surface area contributed by atoms with Gasteiger partial charge in [0.2, 0.25) is 5.91 Å². The first-order valence-corrected chi connectivity index (χ1v) is 6.61. The standard InChI is InChI=1S/C16H21NO2/c1-3-4-6-9-13(2)16(19)17-15(12-18)14-10-7-5-8-11-14/h5,7-8,10-11,13,15,18H,3,9,12H2,1-2H3,(H,17,19)/t13-,15+/m0/s1. The van der Waals surface area contributed by atoms with Crippen LogP contribution >= 0.6 is 0 Å². The Labute approximate surface area is 115 Å². The molecule has 0 aromatic heterocycles. The molecule has 1 rings (SSSR count). The Kier molecular flexibility index (Phi) is 6.70. The van der Waals surface area contributed by atoms with E-state index in [0.717, 1.165) is 12.0 Å². The van der Waals surface area contributed by atoms with Crippen molar-refractivity contribution in [1.29, 1.82) is 0 Å². The quantitative estimate of drug-likeness (QED) is 0.797. The van der Waals surface area contributed by atoms with Crippen molar-refractivity contribution in [2.45, 2.75) is 32.7 Å². The van der Waals surface area contributed by atoms with E-state index in [0.29, 0.717) is 6.42 Å². The third-order valence-corrected chi connectivity index (χ3v) is 2.86. The Morgan fingerprint density at radius 2 is 2.00 bits per heavy atom. The summed E-state index contributed by atoms with van der Waals surface area (Å²) in [7, 11) is 0. The third-order valence-electron chi connectivity index (χ3n) is 2.86. The molecule has 0 aliphatic rings. The molecule has 1 aromatic rings. The van der Waals surface area contributed by atoms with Gasteiger partial charge in [-0.05, 0) is 5.56 Å². The Morgan fingerprint density at radius 1 is 1.32 bits per heavy atom. The highest BCUT2D eigenvalue weighted by Gasteiger charge is 2.17. The summed E-state index contributed by atoms with van der Waals surface area (Å²) in [4.78, 5) is 12.0. The second-order valence-corrected chi connectivity index (χ2v) is 4.47. The van der Waals surface area contributed by atoms with Crippen LogP contribution in [-0.2, 0) is 4.79 Å². The van der Waals surface area contributed by atoms with Gasteiger partial charge in [0.15, 0.2) is 0 Å². The second-order valence-electron chi connectivity index (χ2n) is 4.47. The lowest BCUT2D eigenvalue weighted by Crippen LogP contribution is -2.34. The van der Waals surface area contributed by atoms with E-state index in [4.69, 9.17) is 0 Å². The molecule has 0 aliphatic carbocycles. The number of hydrogen-bond acceptors (Lipinski definition) is 2. The molecular formula is C16H21NO2. The van der Waals surface area contributed by atoms with Crippen LogP contribution in [-0.4, -0.2) is 17.6 Å². The molecule has 0 aliphatic heterocycles. The van der Waals surface area contributed by atoms with Gasteiger partial charge < -0.3 is 10.4 Å². The molecule has 1 aromatic carbocycles. The zero-order chi connectivity index (χ0) is 14.1. The largest absolute Gasteiger partial charge is 0.394 e. The number of nitrogens with one attached hydrogen (secondary N) is 1. The predicted octanol–water partition coefficient (Wildman–Crippen LogP) is 2.28. The summed E-state index contributed by atoms with van der Waals surface area (Å²) >= 11 is 0. The van der Waals surface area contributed by atoms with Gasteiger partial charge in [0.1, 0.15) is 0 Å². The number of hydrogen-bond donors (Lipinski definition) is 2. The van der Waals surface area contributed by atoms with Gasteiger partial charge in [-0.2, -0.15) is 0 Å². The zero-order valence-corrected chi connectivity index (χ0v) is 11.5. The highest BCUT2D eigenvalue weighted by Crippen LogP contribution is 2.13. The minimum Gasteiger partial charge on any atom is -0.394 e. The van der Waals surface area contributed by atoms with E-state index in [1.807, 2.05) is 44.2 Å². The van der Waals surface area contributed by atoms with E-state index in [2.05, 4.69) is 17.2 Å². The van der Waals surface area contributed by atoms with E-state index in [1.54, 1.807) is 0 Å². The SMILES string of the molecule is CCC#CC[C@H](C)C(=O)N[C@H](CO)c1ccccc1. The van der Waals surface area contributed by atoms with Crippen molar-refractivity contribution in [2.24, 2.45) is 5.92 Å². The van der Waals surface area contributed by atoms with Crippen LogP contribution in [0.25, 0.3) is 0 Å². The van der Waals surface area contributed by atoms with Gasteiger partial charge in [0.25, 0.3) is 0 Å². The minimum atomic E-state index is -0.352. The number of aliphatic hydroxyl groups is 1. The smallest absolute Gasteiger partial charge is 0.224 e. The molecule has 0 bridgehead atoms. The molecule has 19 heavy (non-hydrogen) atoms. The van der Waals surface area contributed by atoms with Crippen molar-refractivity contribution < 1.29 is 9.90 Å². The normalized spacial score (nSPS) is 13.0. The van der Waals surface area contributed by atoms with Crippen molar-refractivity contribution in [3.63, 3.8) is 0 Å². The van der Waals surface area contributed by atoms with Crippen LogP contribution in [0.2, 0.25) is 0 Å². The predicted molar refractivity (Wildman–Crippen MR) is 76.3 cm³/mol. The highest BCUT2D eigenvalue weighted by atomic mass is 16.3. The molecule has 0 spiro atoms. The third kappa shape index (κ3) is 5.15. The fraction of sp³-hybridized carbons (Fsp3) is 0.438. The Bertz CT molecular complexity index is 445. The van der Waals surface area contributed by atoms with Gasteiger partial charge in [-0.3, -0.25) is 4.79 Å². The van der Waals surface area contributed by atoms with Gasteiger partial charge in [-0.25, -0.2) is 0 Å². The lowest BCUT2D eigenvalue weighted by Gasteiger charge is -2.18. The van der Waals surface area contributed by atoms with Crippen LogP contribution in [0.5, 0.6) is 0 Å². The van der Waals surface area contributed by atoms with E-state index in [1.165, 1.54) is 0 Å². The Hall–Kier alpha value is -1.79. The summed E-state index contributed by atoms with van der Waals surface area (Å²) in [6, 6.07) is 9.12. The average Bonchev–Trinajstić information content (AvgIpc) is 2.45. The van der Waals surface area contributed by atoms with Gasteiger partial charge in [-0.15, -0.1) is 11.8 Å². The lowest BCUT2D eigenvalue weighted by atomic mass is 10.0.